The van der Waals surface area contributed by atoms with Crippen molar-refractivity contribution in [1.82, 2.24) is 21.3 Å². The number of nitrogens with one attached hydrogen (secondary N) is 4. The third-order valence-corrected chi connectivity index (χ3v) is 6.60. The van der Waals surface area contributed by atoms with Crippen LogP contribution in [0.15, 0.2) is 24.3 Å². The molecule has 1 rings (SSSR count). The van der Waals surface area contributed by atoms with Gasteiger partial charge in [-0.25, -0.2) is 0 Å². The van der Waals surface area contributed by atoms with Crippen LogP contribution >= 0.6 is 0 Å². The Morgan fingerprint density at radius 2 is 1.40 bits per heavy atom. The van der Waals surface area contributed by atoms with Crippen LogP contribution in [-0.2, 0) is 30.4 Å². The number of nitrogens with zero attached hydrogens (tertiary/aromatic N) is 1. The minimum atomic E-state index is -1.05. The fourth-order valence-electron chi connectivity index (χ4n) is 4.21. The topological polar surface area (TPSA) is 180 Å². The maximum absolute atomic E-state index is 13.5. The Labute approximate surface area is 249 Å². The second-order valence-corrected chi connectivity index (χ2v) is 12.4. The Morgan fingerprint density at radius 3 is 1.95 bits per heavy atom. The minimum absolute atomic E-state index is 0.0568. The number of quaternary nitrogens is 1. The van der Waals surface area contributed by atoms with E-state index in [-0.39, 0.29) is 18.1 Å². The largest absolute Gasteiger partial charge is 0.508 e. The Morgan fingerprint density at radius 1 is 0.833 bits per heavy atom. The summed E-state index contributed by atoms with van der Waals surface area (Å²) in [6.07, 6.45) is 2.87. The Balaban J connectivity index is 3.09. The van der Waals surface area contributed by atoms with Gasteiger partial charge in [0.15, 0.2) is 0 Å². The van der Waals surface area contributed by atoms with Gasteiger partial charge in [0.2, 0.25) is 23.6 Å². The van der Waals surface area contributed by atoms with Crippen LogP contribution in [0.1, 0.15) is 58.9 Å². The molecule has 0 saturated heterocycles. The number of amides is 4. The molecule has 0 fully saturated rings. The molecule has 236 valence electrons. The number of rotatable bonds is 18. The number of nitrogens with two attached hydrogens (primary N) is 1. The predicted octanol–water partition coefficient (Wildman–Crippen LogP) is 0.363. The molecule has 0 aromatic heterocycles. The standard InChI is InChI=1S/C30H50N6O6/c1-19(2)16-24(31)28(40)33-21(4)27(39)34-25(10-8-9-15-36(5,6)7)29(41)35-26(30(42)32-20(3)18-37)17-22-11-13-23(38)14-12-22/h11-14,18-21,24-26H,8-10,15-17,31H2,1-7H3,(H4-,32,33,34,35,38,39,40,41,42)/p+1/t20-,21-,24-,25-,26-/m0/s1. The van der Waals surface area contributed by atoms with Gasteiger partial charge in [-0.05, 0) is 63.1 Å². The van der Waals surface area contributed by atoms with Crippen LogP contribution in [0, 0.1) is 5.92 Å². The van der Waals surface area contributed by atoms with E-state index in [9.17, 15) is 29.1 Å². The molecule has 4 amide bonds. The first kappa shape index (κ1) is 36.5. The third kappa shape index (κ3) is 14.4. The summed E-state index contributed by atoms with van der Waals surface area (Å²) in [5.41, 5.74) is 6.62. The summed E-state index contributed by atoms with van der Waals surface area (Å²) in [4.78, 5) is 63.2. The molecule has 0 radical (unpaired) electrons. The van der Waals surface area contributed by atoms with Crippen LogP contribution in [0.4, 0.5) is 0 Å². The molecule has 42 heavy (non-hydrogen) atoms. The first-order valence-corrected chi connectivity index (χ1v) is 14.5. The summed E-state index contributed by atoms with van der Waals surface area (Å²) >= 11 is 0. The zero-order valence-electron chi connectivity index (χ0n) is 26.1. The normalized spacial score (nSPS) is 15.1. The lowest BCUT2D eigenvalue weighted by Crippen LogP contribution is -2.58. The van der Waals surface area contributed by atoms with Crippen molar-refractivity contribution in [2.75, 3.05) is 27.7 Å². The van der Waals surface area contributed by atoms with Gasteiger partial charge in [0, 0.05) is 6.42 Å². The number of aromatic hydroxyl groups is 1. The SMILES string of the molecule is CC(C)C[C@H](N)C(=O)N[C@@H](C)C(=O)N[C@@H](CCCC[N+](C)(C)C)C(=O)N[C@@H](Cc1ccc(O)cc1)C(=O)N[C@@H](C)C=O. The number of hydrogen-bond donors (Lipinski definition) is 6. The lowest BCUT2D eigenvalue weighted by Gasteiger charge is -2.26. The molecule has 12 nitrogen and oxygen atoms in total. The van der Waals surface area contributed by atoms with Crippen LogP contribution in [0.3, 0.4) is 0 Å². The molecule has 0 bridgehead atoms. The van der Waals surface area contributed by atoms with Gasteiger partial charge in [0.25, 0.3) is 0 Å². The highest BCUT2D eigenvalue weighted by atomic mass is 16.3. The molecule has 7 N–H and O–H groups in total. The molecule has 0 saturated carbocycles. The molecule has 0 unspecified atom stereocenters. The second-order valence-electron chi connectivity index (χ2n) is 12.4. The quantitative estimate of drug-likeness (QED) is 0.0810. The van der Waals surface area contributed by atoms with Crippen LogP contribution in [0.25, 0.3) is 0 Å². The van der Waals surface area contributed by atoms with Gasteiger partial charge in [0.1, 0.15) is 30.2 Å². The van der Waals surface area contributed by atoms with Gasteiger partial charge >= 0.3 is 0 Å². The first-order valence-electron chi connectivity index (χ1n) is 14.5. The molecule has 1 aromatic carbocycles. The number of aldehydes is 1. The predicted molar refractivity (Wildman–Crippen MR) is 161 cm³/mol. The number of carbonyl (C=O) groups is 5. The van der Waals surface area contributed by atoms with E-state index in [1.807, 2.05) is 13.8 Å². The molecule has 0 aliphatic rings. The summed E-state index contributed by atoms with van der Waals surface area (Å²) in [6, 6.07) is 1.69. The van der Waals surface area contributed by atoms with E-state index in [1.165, 1.54) is 26.0 Å². The van der Waals surface area contributed by atoms with Gasteiger partial charge < -0.3 is 41.4 Å². The molecule has 5 atom stereocenters. The highest BCUT2D eigenvalue weighted by Crippen LogP contribution is 2.13. The van der Waals surface area contributed by atoms with Gasteiger partial charge in [-0.2, -0.15) is 0 Å². The van der Waals surface area contributed by atoms with Crippen molar-refractivity contribution in [1.29, 1.82) is 0 Å². The Bertz CT molecular complexity index is 1040. The van der Waals surface area contributed by atoms with E-state index in [0.717, 1.165) is 17.4 Å². The third-order valence-electron chi connectivity index (χ3n) is 6.60. The van der Waals surface area contributed by atoms with Crippen molar-refractivity contribution >= 4 is 29.9 Å². The number of benzene rings is 1. The van der Waals surface area contributed by atoms with E-state index in [0.29, 0.717) is 31.1 Å². The average Bonchev–Trinajstić information content (AvgIpc) is 2.89. The molecular weight excluding hydrogens is 540 g/mol. The maximum Gasteiger partial charge on any atom is 0.243 e. The Kier molecular flexibility index (Phi) is 15.2. The molecule has 0 spiro atoms. The van der Waals surface area contributed by atoms with E-state index in [2.05, 4.69) is 42.4 Å². The van der Waals surface area contributed by atoms with Gasteiger partial charge in [-0.15, -0.1) is 0 Å². The lowest BCUT2D eigenvalue weighted by atomic mass is 10.0. The van der Waals surface area contributed by atoms with Gasteiger partial charge in [-0.1, -0.05) is 26.0 Å². The van der Waals surface area contributed by atoms with Crippen molar-refractivity contribution in [3.05, 3.63) is 29.8 Å². The highest BCUT2D eigenvalue weighted by molar-refractivity contribution is 5.95. The zero-order valence-corrected chi connectivity index (χ0v) is 26.1. The zero-order chi connectivity index (χ0) is 32.0. The molecule has 0 heterocycles. The Hall–Kier alpha value is -3.51. The lowest BCUT2D eigenvalue weighted by molar-refractivity contribution is -0.870. The van der Waals surface area contributed by atoms with Crippen LogP contribution in [0.2, 0.25) is 0 Å². The number of phenolic OH excluding ortho intramolecular Hbond substituents is 1. The summed E-state index contributed by atoms with van der Waals surface area (Å²) in [5, 5.41) is 20.3. The van der Waals surface area contributed by atoms with Gasteiger partial charge in [0.05, 0.1) is 39.8 Å². The fourth-order valence-corrected chi connectivity index (χ4v) is 4.21. The smallest absolute Gasteiger partial charge is 0.243 e. The molecular formula is C30H51N6O6+. The summed E-state index contributed by atoms with van der Waals surface area (Å²) in [6.45, 7) is 7.78. The van der Waals surface area contributed by atoms with Crippen molar-refractivity contribution in [2.24, 2.45) is 11.7 Å². The van der Waals surface area contributed by atoms with E-state index < -0.39 is 53.8 Å². The van der Waals surface area contributed by atoms with Crippen molar-refractivity contribution in [2.45, 2.75) is 90.0 Å². The first-order chi connectivity index (χ1) is 19.5. The average molecular weight is 592 g/mol. The highest BCUT2D eigenvalue weighted by Gasteiger charge is 2.29. The van der Waals surface area contributed by atoms with Crippen molar-refractivity contribution < 1.29 is 33.6 Å². The minimum Gasteiger partial charge on any atom is -0.508 e. The molecule has 12 heteroatoms. The molecule has 0 aliphatic heterocycles. The van der Waals surface area contributed by atoms with Crippen LogP contribution in [-0.4, -0.2) is 97.4 Å². The summed E-state index contributed by atoms with van der Waals surface area (Å²) < 4.78 is 0.743. The number of carbonyl (C=O) groups excluding carboxylic acids is 5. The number of phenols is 1. The van der Waals surface area contributed by atoms with Crippen LogP contribution < -0.4 is 27.0 Å². The molecule has 1 aromatic rings. The summed E-state index contributed by atoms with van der Waals surface area (Å²) in [5.74, 6) is -1.88. The molecule has 0 aliphatic carbocycles. The fraction of sp³-hybridized carbons (Fsp3) is 0.633. The van der Waals surface area contributed by atoms with E-state index in [4.69, 9.17) is 5.73 Å². The maximum atomic E-state index is 13.5. The number of hydrogen-bond acceptors (Lipinski definition) is 7. The summed E-state index contributed by atoms with van der Waals surface area (Å²) in [7, 11) is 6.19. The van der Waals surface area contributed by atoms with Crippen molar-refractivity contribution in [3.8, 4) is 5.75 Å². The van der Waals surface area contributed by atoms with E-state index >= 15 is 0 Å². The van der Waals surface area contributed by atoms with E-state index in [1.54, 1.807) is 12.1 Å². The van der Waals surface area contributed by atoms with Gasteiger partial charge in [-0.3, -0.25) is 19.2 Å². The second kappa shape index (κ2) is 17.4. The van der Waals surface area contributed by atoms with Crippen molar-refractivity contribution in [3.63, 3.8) is 0 Å². The monoisotopic (exact) mass is 591 g/mol. The number of unbranched alkanes of at least 4 members (excludes halogenated alkanes) is 1. The van der Waals surface area contributed by atoms with Crippen LogP contribution in [0.5, 0.6) is 5.75 Å².